The van der Waals surface area contributed by atoms with Crippen molar-refractivity contribution in [1.29, 1.82) is 0 Å². The van der Waals surface area contributed by atoms with Gasteiger partial charge in [-0.05, 0) is 47.5 Å². The Hall–Kier alpha value is -0.340. The zero-order valence-corrected chi connectivity index (χ0v) is 14.5. The Labute approximate surface area is 126 Å². The lowest BCUT2D eigenvalue weighted by Crippen LogP contribution is -2.31. The molecule has 0 aromatic rings. The molecule has 0 N–H and O–H groups in total. The molecule has 0 amide bonds. The molecule has 120 valence electrons. The van der Waals surface area contributed by atoms with Gasteiger partial charge in [-0.2, -0.15) is 0 Å². The second kappa shape index (κ2) is 12.4. The minimum Gasteiger partial charge on any atom is -0.373 e. The number of rotatable bonds is 12. The van der Waals surface area contributed by atoms with Crippen molar-refractivity contribution in [2.24, 2.45) is 0 Å². The van der Waals surface area contributed by atoms with Gasteiger partial charge in [0.15, 0.2) is 0 Å². The third-order valence-corrected chi connectivity index (χ3v) is 3.18. The van der Waals surface area contributed by atoms with E-state index in [2.05, 4.69) is 53.7 Å². The minimum absolute atomic E-state index is 0.0630. The summed E-state index contributed by atoms with van der Waals surface area (Å²) in [4.78, 5) is 0. The van der Waals surface area contributed by atoms with Crippen LogP contribution in [-0.2, 0) is 9.47 Å². The van der Waals surface area contributed by atoms with E-state index in [-0.39, 0.29) is 24.4 Å². The summed E-state index contributed by atoms with van der Waals surface area (Å²) in [6.07, 6.45) is 12.9. The molecule has 0 saturated heterocycles. The molecule has 0 aliphatic rings. The van der Waals surface area contributed by atoms with Gasteiger partial charge in [-0.1, -0.05) is 44.8 Å². The lowest BCUT2D eigenvalue weighted by Gasteiger charge is -2.25. The third-order valence-electron chi connectivity index (χ3n) is 3.18. The van der Waals surface area contributed by atoms with Crippen molar-refractivity contribution in [3.05, 3.63) is 12.2 Å². The van der Waals surface area contributed by atoms with Crippen LogP contribution < -0.4 is 0 Å². The van der Waals surface area contributed by atoms with Crippen molar-refractivity contribution in [2.75, 3.05) is 0 Å². The molecule has 2 unspecified atom stereocenters. The fraction of sp³-hybridized carbons (Fsp3) is 0.889. The van der Waals surface area contributed by atoms with Gasteiger partial charge in [-0.15, -0.1) is 0 Å². The highest BCUT2D eigenvalue weighted by molar-refractivity contribution is 4.93. The summed E-state index contributed by atoms with van der Waals surface area (Å²) in [5, 5.41) is 0. The van der Waals surface area contributed by atoms with Crippen molar-refractivity contribution in [3.63, 3.8) is 0 Å². The zero-order chi connectivity index (χ0) is 15.4. The van der Waals surface area contributed by atoms with E-state index in [0.717, 1.165) is 6.42 Å². The van der Waals surface area contributed by atoms with E-state index in [1.165, 1.54) is 32.1 Å². The molecule has 2 heteroatoms. The maximum absolute atomic E-state index is 5.95. The highest BCUT2D eigenvalue weighted by atomic mass is 16.5. The summed E-state index contributed by atoms with van der Waals surface area (Å²) in [7, 11) is 0. The molecule has 0 aliphatic heterocycles. The number of unbranched alkanes of at least 4 members (excludes halogenated alkanes) is 5. The van der Waals surface area contributed by atoms with Crippen LogP contribution in [0.1, 0.15) is 80.1 Å². The van der Waals surface area contributed by atoms with Gasteiger partial charge < -0.3 is 9.47 Å². The van der Waals surface area contributed by atoms with Crippen LogP contribution in [0.25, 0.3) is 0 Å². The summed E-state index contributed by atoms with van der Waals surface area (Å²) in [6.45, 7) is 12.6. The van der Waals surface area contributed by atoms with Crippen molar-refractivity contribution in [2.45, 2.75) is 104 Å². The highest BCUT2D eigenvalue weighted by Crippen LogP contribution is 2.12. The van der Waals surface area contributed by atoms with Crippen molar-refractivity contribution >= 4 is 0 Å². The van der Waals surface area contributed by atoms with E-state index in [9.17, 15) is 0 Å². The van der Waals surface area contributed by atoms with Gasteiger partial charge in [0.1, 0.15) is 6.10 Å². The zero-order valence-electron chi connectivity index (χ0n) is 14.5. The maximum atomic E-state index is 5.95. The summed E-state index contributed by atoms with van der Waals surface area (Å²) < 4.78 is 11.8. The first kappa shape index (κ1) is 19.7. The first-order valence-electron chi connectivity index (χ1n) is 8.44. The van der Waals surface area contributed by atoms with Crippen LogP contribution in [-0.4, -0.2) is 24.4 Å². The summed E-state index contributed by atoms with van der Waals surface area (Å²) in [5.41, 5.74) is 0. The van der Waals surface area contributed by atoms with Crippen molar-refractivity contribution in [1.82, 2.24) is 0 Å². The van der Waals surface area contributed by atoms with Gasteiger partial charge >= 0.3 is 0 Å². The van der Waals surface area contributed by atoms with Crippen LogP contribution >= 0.6 is 0 Å². The maximum Gasteiger partial charge on any atom is 0.102 e. The summed E-state index contributed by atoms with van der Waals surface area (Å²) >= 11 is 0. The molecular weight excluding hydrogens is 248 g/mol. The van der Waals surface area contributed by atoms with Gasteiger partial charge in [0.05, 0.1) is 18.3 Å². The lowest BCUT2D eigenvalue weighted by molar-refractivity contribution is -0.0824. The molecule has 0 fully saturated rings. The normalized spacial score (nSPS) is 15.4. The Morgan fingerprint density at radius 3 is 1.95 bits per heavy atom. The van der Waals surface area contributed by atoms with Gasteiger partial charge in [-0.3, -0.25) is 0 Å². The smallest absolute Gasteiger partial charge is 0.102 e. The highest BCUT2D eigenvalue weighted by Gasteiger charge is 2.18. The topological polar surface area (TPSA) is 18.5 Å². The number of ether oxygens (including phenoxy) is 2. The average Bonchev–Trinajstić information content (AvgIpc) is 2.35. The fourth-order valence-electron chi connectivity index (χ4n) is 2.23. The first-order valence-corrected chi connectivity index (χ1v) is 8.44. The van der Waals surface area contributed by atoms with E-state index in [4.69, 9.17) is 9.47 Å². The Bertz CT molecular complexity index is 234. The molecule has 0 aromatic heterocycles. The standard InChI is InChI=1S/C18H36O2/c1-7-8-9-10-11-12-13-14-18(20-16(4)5)17(6)19-15(2)3/h13-18H,7-12H2,1-6H3/b14-13+. The second-order valence-electron chi connectivity index (χ2n) is 6.17. The molecule has 0 saturated carbocycles. The number of hydrogen-bond donors (Lipinski definition) is 0. The van der Waals surface area contributed by atoms with Crippen LogP contribution in [0, 0.1) is 0 Å². The molecule has 0 rings (SSSR count). The second-order valence-corrected chi connectivity index (χ2v) is 6.17. The van der Waals surface area contributed by atoms with E-state index in [1.807, 2.05) is 0 Å². The van der Waals surface area contributed by atoms with Crippen molar-refractivity contribution < 1.29 is 9.47 Å². The van der Waals surface area contributed by atoms with E-state index < -0.39 is 0 Å². The molecular formula is C18H36O2. The Morgan fingerprint density at radius 2 is 1.40 bits per heavy atom. The molecule has 2 atom stereocenters. The number of hydrogen-bond acceptors (Lipinski definition) is 2. The van der Waals surface area contributed by atoms with Gasteiger partial charge in [-0.25, -0.2) is 0 Å². The SMILES string of the molecule is CCCCCCC/C=C/C(OC(C)C)C(C)OC(C)C. The molecule has 0 radical (unpaired) electrons. The predicted molar refractivity (Wildman–Crippen MR) is 88.2 cm³/mol. The molecule has 0 heterocycles. The van der Waals surface area contributed by atoms with Crippen LogP contribution in [0.4, 0.5) is 0 Å². The van der Waals surface area contributed by atoms with E-state index in [0.29, 0.717) is 0 Å². The first-order chi connectivity index (χ1) is 9.47. The minimum atomic E-state index is 0.0630. The van der Waals surface area contributed by atoms with E-state index >= 15 is 0 Å². The molecule has 20 heavy (non-hydrogen) atoms. The Kier molecular flexibility index (Phi) is 12.2. The quantitative estimate of drug-likeness (QED) is 0.347. The number of allylic oxidation sites excluding steroid dienone is 1. The monoisotopic (exact) mass is 284 g/mol. The van der Waals surface area contributed by atoms with Crippen LogP contribution in [0.5, 0.6) is 0 Å². The molecule has 0 spiro atoms. The van der Waals surface area contributed by atoms with Crippen LogP contribution in [0.3, 0.4) is 0 Å². The lowest BCUT2D eigenvalue weighted by atomic mass is 10.1. The van der Waals surface area contributed by atoms with Gasteiger partial charge in [0.2, 0.25) is 0 Å². The van der Waals surface area contributed by atoms with Crippen LogP contribution in [0.2, 0.25) is 0 Å². The average molecular weight is 284 g/mol. The van der Waals surface area contributed by atoms with Crippen molar-refractivity contribution in [3.8, 4) is 0 Å². The molecule has 0 bridgehead atoms. The van der Waals surface area contributed by atoms with E-state index in [1.54, 1.807) is 0 Å². The third kappa shape index (κ3) is 11.5. The Morgan fingerprint density at radius 1 is 0.800 bits per heavy atom. The fourth-order valence-corrected chi connectivity index (χ4v) is 2.23. The van der Waals surface area contributed by atoms with Crippen LogP contribution in [0.15, 0.2) is 12.2 Å². The predicted octanol–water partition coefficient (Wildman–Crippen LogP) is 5.51. The van der Waals surface area contributed by atoms with Gasteiger partial charge in [0.25, 0.3) is 0 Å². The Balaban J connectivity index is 4.07. The molecule has 0 aliphatic carbocycles. The largest absolute Gasteiger partial charge is 0.373 e. The van der Waals surface area contributed by atoms with Gasteiger partial charge in [0, 0.05) is 0 Å². The summed E-state index contributed by atoms with van der Waals surface area (Å²) in [6, 6.07) is 0. The molecule has 0 aromatic carbocycles. The summed E-state index contributed by atoms with van der Waals surface area (Å²) in [5.74, 6) is 0. The molecule has 2 nitrogen and oxygen atoms in total.